The van der Waals surface area contributed by atoms with Crippen molar-refractivity contribution in [2.75, 3.05) is 26.8 Å². The van der Waals surface area contributed by atoms with Crippen LogP contribution in [-0.2, 0) is 4.74 Å². The van der Waals surface area contributed by atoms with Crippen molar-refractivity contribution < 1.29 is 14.6 Å². The van der Waals surface area contributed by atoms with Crippen molar-refractivity contribution in [1.29, 1.82) is 0 Å². The average molecular weight is 230 g/mol. The van der Waals surface area contributed by atoms with Crippen LogP contribution in [0.4, 0.5) is 4.79 Å². The van der Waals surface area contributed by atoms with Crippen LogP contribution in [0.5, 0.6) is 0 Å². The lowest BCUT2D eigenvalue weighted by Gasteiger charge is -2.15. The van der Waals surface area contributed by atoms with Gasteiger partial charge in [0.2, 0.25) is 0 Å². The lowest BCUT2D eigenvalue weighted by Crippen LogP contribution is -2.42. The molecule has 16 heavy (non-hydrogen) atoms. The number of carbonyl (C=O) groups is 1. The van der Waals surface area contributed by atoms with Crippen LogP contribution in [0.15, 0.2) is 0 Å². The number of carbonyl (C=O) groups excluding carboxylic acids is 1. The minimum Gasteiger partial charge on any atom is -0.389 e. The van der Waals surface area contributed by atoms with Gasteiger partial charge < -0.3 is 20.5 Å². The summed E-state index contributed by atoms with van der Waals surface area (Å²) in [5.74, 6) is 0. The van der Waals surface area contributed by atoms with Gasteiger partial charge in [-0.15, -0.1) is 0 Å². The van der Waals surface area contributed by atoms with E-state index in [-0.39, 0.29) is 19.2 Å². The molecule has 5 heteroatoms. The van der Waals surface area contributed by atoms with Crippen LogP contribution >= 0.6 is 0 Å². The number of amides is 2. The number of nitrogens with one attached hydrogen (secondary N) is 2. The topological polar surface area (TPSA) is 70.6 Å². The van der Waals surface area contributed by atoms with Gasteiger partial charge in [-0.05, 0) is 24.7 Å². The molecule has 94 valence electrons. The van der Waals surface area contributed by atoms with Crippen molar-refractivity contribution in [1.82, 2.24) is 10.6 Å². The van der Waals surface area contributed by atoms with E-state index in [1.54, 1.807) is 0 Å². The first-order chi connectivity index (χ1) is 7.62. The van der Waals surface area contributed by atoms with Crippen LogP contribution < -0.4 is 10.6 Å². The van der Waals surface area contributed by atoms with Crippen molar-refractivity contribution in [2.24, 2.45) is 5.41 Å². The van der Waals surface area contributed by atoms with E-state index in [0.29, 0.717) is 5.41 Å². The van der Waals surface area contributed by atoms with Crippen LogP contribution in [0.2, 0.25) is 0 Å². The molecular weight excluding hydrogens is 208 g/mol. The molecule has 0 aliphatic heterocycles. The van der Waals surface area contributed by atoms with E-state index in [1.165, 1.54) is 20.0 Å². The van der Waals surface area contributed by atoms with Crippen molar-refractivity contribution >= 4 is 6.03 Å². The Morgan fingerprint density at radius 1 is 1.50 bits per heavy atom. The molecule has 1 atom stereocenters. The monoisotopic (exact) mass is 230 g/mol. The third-order valence-electron chi connectivity index (χ3n) is 3.19. The second-order valence-electron chi connectivity index (χ2n) is 4.53. The fraction of sp³-hybridized carbons (Fsp3) is 0.909. The molecule has 0 bridgehead atoms. The Bertz CT molecular complexity index is 229. The van der Waals surface area contributed by atoms with Gasteiger partial charge in [0.05, 0.1) is 12.7 Å². The molecule has 5 nitrogen and oxygen atoms in total. The minimum atomic E-state index is -0.642. The van der Waals surface area contributed by atoms with E-state index in [4.69, 9.17) is 4.74 Å². The molecular formula is C11H22N2O3. The van der Waals surface area contributed by atoms with E-state index in [9.17, 15) is 9.90 Å². The van der Waals surface area contributed by atoms with E-state index < -0.39 is 6.10 Å². The van der Waals surface area contributed by atoms with Crippen molar-refractivity contribution in [2.45, 2.75) is 32.3 Å². The van der Waals surface area contributed by atoms with Crippen molar-refractivity contribution in [3.63, 3.8) is 0 Å². The smallest absolute Gasteiger partial charge is 0.314 e. The molecule has 1 aliphatic rings. The summed E-state index contributed by atoms with van der Waals surface area (Å²) in [6.07, 6.45) is 2.88. The lowest BCUT2D eigenvalue weighted by molar-refractivity contribution is 0.0659. The number of ether oxygens (including phenoxy) is 1. The highest BCUT2D eigenvalue weighted by molar-refractivity contribution is 5.73. The highest BCUT2D eigenvalue weighted by atomic mass is 16.5. The van der Waals surface area contributed by atoms with E-state index in [2.05, 4.69) is 17.6 Å². The zero-order valence-electron chi connectivity index (χ0n) is 10.1. The Balaban J connectivity index is 2.07. The molecule has 1 fully saturated rings. The molecule has 0 radical (unpaired) electrons. The Kier molecular flexibility index (Phi) is 5.02. The molecule has 0 aromatic heterocycles. The summed E-state index contributed by atoms with van der Waals surface area (Å²) in [5, 5.41) is 14.8. The summed E-state index contributed by atoms with van der Waals surface area (Å²) in [5.41, 5.74) is 0.350. The third kappa shape index (κ3) is 4.37. The number of aliphatic hydroxyl groups excluding tert-OH is 1. The van der Waals surface area contributed by atoms with Gasteiger partial charge in [-0.3, -0.25) is 0 Å². The Labute approximate surface area is 96.6 Å². The van der Waals surface area contributed by atoms with Gasteiger partial charge in [0.25, 0.3) is 0 Å². The van der Waals surface area contributed by atoms with Gasteiger partial charge in [-0.2, -0.15) is 0 Å². The normalized spacial score (nSPS) is 18.9. The number of rotatable bonds is 7. The fourth-order valence-electron chi connectivity index (χ4n) is 1.62. The molecule has 1 aliphatic carbocycles. The number of aliphatic hydroxyl groups is 1. The number of urea groups is 1. The SMILES string of the molecule is CCC1(CNC(=O)NCC(O)COC)CC1. The summed E-state index contributed by atoms with van der Waals surface area (Å²) in [6, 6.07) is -0.213. The zero-order chi connectivity index (χ0) is 12.0. The van der Waals surface area contributed by atoms with Crippen molar-refractivity contribution in [3.05, 3.63) is 0 Å². The minimum absolute atomic E-state index is 0.213. The van der Waals surface area contributed by atoms with E-state index in [1.807, 2.05) is 0 Å². The second-order valence-corrected chi connectivity index (χ2v) is 4.53. The van der Waals surface area contributed by atoms with Gasteiger partial charge in [-0.1, -0.05) is 6.92 Å². The maximum atomic E-state index is 11.4. The summed E-state index contributed by atoms with van der Waals surface area (Å²) >= 11 is 0. The molecule has 0 aromatic carbocycles. The number of hydrogen-bond donors (Lipinski definition) is 3. The maximum Gasteiger partial charge on any atom is 0.314 e. The van der Waals surface area contributed by atoms with Gasteiger partial charge in [0, 0.05) is 20.2 Å². The summed E-state index contributed by atoms with van der Waals surface area (Å²) in [6.45, 7) is 3.34. The molecule has 1 rings (SSSR count). The zero-order valence-corrected chi connectivity index (χ0v) is 10.1. The Morgan fingerprint density at radius 2 is 2.19 bits per heavy atom. The van der Waals surface area contributed by atoms with Gasteiger partial charge in [0.15, 0.2) is 0 Å². The first-order valence-corrected chi connectivity index (χ1v) is 5.80. The maximum absolute atomic E-state index is 11.4. The van der Waals surface area contributed by atoms with E-state index in [0.717, 1.165) is 13.0 Å². The highest BCUT2D eigenvalue weighted by Crippen LogP contribution is 2.47. The predicted molar refractivity (Wildman–Crippen MR) is 61.2 cm³/mol. The fourth-order valence-corrected chi connectivity index (χ4v) is 1.62. The summed E-state index contributed by atoms with van der Waals surface area (Å²) in [7, 11) is 1.52. The highest BCUT2D eigenvalue weighted by Gasteiger charge is 2.40. The molecule has 0 aromatic rings. The standard InChI is InChI=1S/C11H22N2O3/c1-3-11(4-5-11)8-13-10(15)12-6-9(14)7-16-2/h9,14H,3-8H2,1-2H3,(H2,12,13,15). The predicted octanol–water partition coefficient (Wildman–Crippen LogP) is 0.483. The molecule has 0 saturated heterocycles. The lowest BCUT2D eigenvalue weighted by atomic mass is 10.0. The largest absolute Gasteiger partial charge is 0.389 e. The van der Waals surface area contributed by atoms with Gasteiger partial charge in [0.1, 0.15) is 0 Å². The molecule has 0 heterocycles. The summed E-state index contributed by atoms with van der Waals surface area (Å²) in [4.78, 5) is 11.4. The molecule has 0 spiro atoms. The second kappa shape index (κ2) is 6.06. The number of hydrogen-bond acceptors (Lipinski definition) is 3. The van der Waals surface area contributed by atoms with E-state index >= 15 is 0 Å². The van der Waals surface area contributed by atoms with Gasteiger partial charge >= 0.3 is 6.03 Å². The van der Waals surface area contributed by atoms with Crippen LogP contribution in [-0.4, -0.2) is 44.0 Å². The van der Waals surface area contributed by atoms with Crippen LogP contribution in [0, 0.1) is 5.41 Å². The first-order valence-electron chi connectivity index (χ1n) is 5.80. The Morgan fingerprint density at radius 3 is 2.69 bits per heavy atom. The quantitative estimate of drug-likeness (QED) is 0.596. The van der Waals surface area contributed by atoms with Crippen LogP contribution in [0.3, 0.4) is 0 Å². The van der Waals surface area contributed by atoms with Crippen molar-refractivity contribution in [3.8, 4) is 0 Å². The molecule has 3 N–H and O–H groups in total. The third-order valence-corrected chi connectivity index (χ3v) is 3.19. The molecule has 1 saturated carbocycles. The number of methoxy groups -OCH3 is 1. The average Bonchev–Trinajstić information content (AvgIpc) is 3.05. The molecule has 1 unspecified atom stereocenters. The molecule has 2 amide bonds. The first kappa shape index (κ1) is 13.3. The van der Waals surface area contributed by atoms with Crippen LogP contribution in [0.1, 0.15) is 26.2 Å². The van der Waals surface area contributed by atoms with Crippen LogP contribution in [0.25, 0.3) is 0 Å². The van der Waals surface area contributed by atoms with Gasteiger partial charge in [-0.25, -0.2) is 4.79 Å². The Hall–Kier alpha value is -0.810. The summed E-state index contributed by atoms with van der Waals surface area (Å²) < 4.78 is 4.76.